The minimum Gasteiger partial charge on any atom is -0.391 e. The van der Waals surface area contributed by atoms with E-state index >= 15 is 0 Å². The van der Waals surface area contributed by atoms with E-state index in [-0.39, 0.29) is 0 Å². The summed E-state index contributed by atoms with van der Waals surface area (Å²) in [5, 5.41) is 9.70. The van der Waals surface area contributed by atoms with Gasteiger partial charge in [-0.3, -0.25) is 9.98 Å². The van der Waals surface area contributed by atoms with Crippen LogP contribution in [0.15, 0.2) is 72.0 Å². The summed E-state index contributed by atoms with van der Waals surface area (Å²) in [6.07, 6.45) is 13.9. The van der Waals surface area contributed by atoms with Crippen LogP contribution >= 0.6 is 0 Å². The fraction of sp³-hybridized carbons (Fsp3) is 0.348. The van der Waals surface area contributed by atoms with E-state index in [9.17, 15) is 0 Å². The summed E-state index contributed by atoms with van der Waals surface area (Å²) < 4.78 is 0. The van der Waals surface area contributed by atoms with E-state index < -0.39 is 0 Å². The molecule has 2 heterocycles. The average molecular weight is 393 g/mol. The summed E-state index contributed by atoms with van der Waals surface area (Å²) in [4.78, 5) is 13.1. The topological polar surface area (TPSA) is 74.2 Å². The lowest BCUT2D eigenvalue weighted by Gasteiger charge is -2.07. The first-order valence-corrected chi connectivity index (χ1v) is 10.1. The number of nitrogens with zero attached hydrogens (tertiary/aromatic N) is 3. The lowest BCUT2D eigenvalue weighted by Crippen LogP contribution is -2.08. The SMILES string of the molecule is C\N=C(/C=C\C=C\NCCCc1ccccn1)CCCNc1cccc(NC)n1. The minimum atomic E-state index is 0.862. The molecule has 0 aromatic carbocycles. The molecule has 6 heteroatoms. The molecule has 0 bridgehead atoms. The highest BCUT2D eigenvalue weighted by Crippen LogP contribution is 2.08. The maximum Gasteiger partial charge on any atom is 0.128 e. The van der Waals surface area contributed by atoms with Gasteiger partial charge in [0.05, 0.1) is 0 Å². The van der Waals surface area contributed by atoms with Crippen LogP contribution in [-0.2, 0) is 6.42 Å². The van der Waals surface area contributed by atoms with E-state index in [0.29, 0.717) is 0 Å². The Morgan fingerprint density at radius 1 is 1.03 bits per heavy atom. The van der Waals surface area contributed by atoms with Crippen molar-refractivity contribution in [3.05, 3.63) is 72.7 Å². The number of aryl methyl sites for hydroxylation is 1. The third kappa shape index (κ3) is 9.55. The third-order valence-electron chi connectivity index (χ3n) is 4.30. The van der Waals surface area contributed by atoms with Gasteiger partial charge in [-0.25, -0.2) is 4.98 Å². The van der Waals surface area contributed by atoms with E-state index in [1.807, 2.05) is 69.0 Å². The molecule has 3 N–H and O–H groups in total. The summed E-state index contributed by atoms with van der Waals surface area (Å²) in [6, 6.07) is 11.9. The van der Waals surface area contributed by atoms with Gasteiger partial charge in [0.25, 0.3) is 0 Å². The van der Waals surface area contributed by atoms with E-state index in [4.69, 9.17) is 0 Å². The Labute approximate surface area is 174 Å². The number of pyridine rings is 2. The van der Waals surface area contributed by atoms with Crippen molar-refractivity contribution in [2.45, 2.75) is 25.7 Å². The minimum absolute atomic E-state index is 0.862. The van der Waals surface area contributed by atoms with Gasteiger partial charge in [-0.1, -0.05) is 18.2 Å². The van der Waals surface area contributed by atoms with Gasteiger partial charge in [-0.15, -0.1) is 0 Å². The molecule has 154 valence electrons. The van der Waals surface area contributed by atoms with Crippen LogP contribution in [0.2, 0.25) is 0 Å². The zero-order chi connectivity index (χ0) is 20.6. The summed E-state index contributed by atoms with van der Waals surface area (Å²) in [5.41, 5.74) is 2.23. The lowest BCUT2D eigenvalue weighted by molar-refractivity contribution is 0.740. The molecule has 0 atom stereocenters. The Morgan fingerprint density at radius 3 is 2.72 bits per heavy atom. The standard InChI is InChI=1S/C23H32N6/c1-24-20(12-9-19-28-23-15-7-14-22(25-2)29-23)10-3-5-16-26-17-8-13-21-11-4-6-18-27-21/h3-7,10-11,14-16,18,26H,8-9,12-13,17,19H2,1-2H3,(H2,25,28,29)/b10-3-,16-5+,24-20+. The van der Waals surface area contributed by atoms with E-state index in [1.54, 1.807) is 0 Å². The predicted molar refractivity (Wildman–Crippen MR) is 124 cm³/mol. The first-order chi connectivity index (χ1) is 14.3. The van der Waals surface area contributed by atoms with Gasteiger partial charge < -0.3 is 16.0 Å². The number of nitrogens with one attached hydrogen (secondary N) is 3. The van der Waals surface area contributed by atoms with Crippen molar-refractivity contribution in [1.82, 2.24) is 15.3 Å². The third-order valence-corrected chi connectivity index (χ3v) is 4.30. The summed E-state index contributed by atoms with van der Waals surface area (Å²) in [7, 11) is 3.71. The zero-order valence-electron chi connectivity index (χ0n) is 17.4. The fourth-order valence-corrected chi connectivity index (χ4v) is 2.72. The van der Waals surface area contributed by atoms with Gasteiger partial charge in [-0.2, -0.15) is 0 Å². The number of allylic oxidation sites excluding steroid dienone is 3. The van der Waals surface area contributed by atoms with Gasteiger partial charge in [0.2, 0.25) is 0 Å². The van der Waals surface area contributed by atoms with Crippen molar-refractivity contribution in [1.29, 1.82) is 0 Å². The molecule has 0 aliphatic rings. The second-order valence-corrected chi connectivity index (χ2v) is 6.50. The second-order valence-electron chi connectivity index (χ2n) is 6.50. The van der Waals surface area contributed by atoms with Crippen LogP contribution in [0, 0.1) is 0 Å². The monoisotopic (exact) mass is 392 g/mol. The first-order valence-electron chi connectivity index (χ1n) is 10.1. The fourth-order valence-electron chi connectivity index (χ4n) is 2.72. The molecular weight excluding hydrogens is 360 g/mol. The van der Waals surface area contributed by atoms with Gasteiger partial charge in [0.15, 0.2) is 0 Å². The Hall–Kier alpha value is -3.15. The molecule has 0 radical (unpaired) electrons. The molecule has 2 aromatic rings. The summed E-state index contributed by atoms with van der Waals surface area (Å²) >= 11 is 0. The predicted octanol–water partition coefficient (Wildman–Crippen LogP) is 4.07. The largest absolute Gasteiger partial charge is 0.391 e. The van der Waals surface area contributed by atoms with Crippen LogP contribution in [0.1, 0.15) is 25.0 Å². The van der Waals surface area contributed by atoms with Gasteiger partial charge in [0, 0.05) is 44.8 Å². The van der Waals surface area contributed by atoms with Gasteiger partial charge in [0.1, 0.15) is 11.6 Å². The molecule has 0 unspecified atom stereocenters. The maximum atomic E-state index is 4.45. The van der Waals surface area contributed by atoms with Crippen LogP contribution in [0.25, 0.3) is 0 Å². The van der Waals surface area contributed by atoms with Crippen molar-refractivity contribution >= 4 is 17.3 Å². The smallest absolute Gasteiger partial charge is 0.128 e. The van der Waals surface area contributed by atoms with Crippen LogP contribution in [0.3, 0.4) is 0 Å². The Morgan fingerprint density at radius 2 is 1.93 bits per heavy atom. The molecule has 0 saturated carbocycles. The number of hydrogen-bond donors (Lipinski definition) is 3. The van der Waals surface area contributed by atoms with Crippen LogP contribution in [-0.4, -0.2) is 42.9 Å². The second kappa shape index (κ2) is 13.9. The molecule has 0 aliphatic carbocycles. The number of aromatic nitrogens is 2. The molecule has 6 nitrogen and oxygen atoms in total. The van der Waals surface area contributed by atoms with Crippen molar-refractivity contribution < 1.29 is 0 Å². The number of hydrogen-bond acceptors (Lipinski definition) is 6. The lowest BCUT2D eigenvalue weighted by atomic mass is 10.2. The maximum absolute atomic E-state index is 4.45. The molecule has 0 spiro atoms. The van der Waals surface area contributed by atoms with E-state index in [1.165, 1.54) is 0 Å². The van der Waals surface area contributed by atoms with Crippen molar-refractivity contribution in [3.8, 4) is 0 Å². The molecule has 0 saturated heterocycles. The quantitative estimate of drug-likeness (QED) is 0.272. The van der Waals surface area contributed by atoms with Crippen molar-refractivity contribution in [2.75, 3.05) is 37.8 Å². The summed E-state index contributed by atoms with van der Waals surface area (Å²) in [6.45, 7) is 1.80. The first kappa shape index (κ1) is 22.1. The highest BCUT2D eigenvalue weighted by atomic mass is 15.0. The van der Waals surface area contributed by atoms with Crippen molar-refractivity contribution in [3.63, 3.8) is 0 Å². The molecular formula is C23H32N6. The van der Waals surface area contributed by atoms with Crippen LogP contribution in [0.5, 0.6) is 0 Å². The number of rotatable bonds is 13. The number of anilines is 2. The van der Waals surface area contributed by atoms with E-state index in [2.05, 4.69) is 43.1 Å². The number of aliphatic imine (C=N–C) groups is 1. The average Bonchev–Trinajstić information content (AvgIpc) is 2.77. The molecule has 0 fully saturated rings. The highest BCUT2D eigenvalue weighted by Gasteiger charge is 1.97. The molecule has 2 aromatic heterocycles. The zero-order valence-corrected chi connectivity index (χ0v) is 17.4. The summed E-state index contributed by atoms with van der Waals surface area (Å²) in [5.74, 6) is 1.75. The molecule has 29 heavy (non-hydrogen) atoms. The molecule has 2 rings (SSSR count). The van der Waals surface area contributed by atoms with Crippen LogP contribution < -0.4 is 16.0 Å². The highest BCUT2D eigenvalue weighted by molar-refractivity contribution is 5.95. The van der Waals surface area contributed by atoms with E-state index in [0.717, 1.165) is 61.8 Å². The Balaban J connectivity index is 1.57. The Kier molecular flexibility index (Phi) is 10.6. The Bertz CT molecular complexity index is 783. The van der Waals surface area contributed by atoms with Crippen LogP contribution in [0.4, 0.5) is 11.6 Å². The molecule has 0 amide bonds. The molecule has 0 aliphatic heterocycles. The normalized spacial score (nSPS) is 11.9. The van der Waals surface area contributed by atoms with Gasteiger partial charge in [-0.05, 0) is 68.3 Å². The van der Waals surface area contributed by atoms with Gasteiger partial charge >= 0.3 is 0 Å². The van der Waals surface area contributed by atoms with Crippen molar-refractivity contribution in [2.24, 2.45) is 4.99 Å².